The summed E-state index contributed by atoms with van der Waals surface area (Å²) in [7, 11) is 0. The number of allylic oxidation sites excluding steroid dienone is 3. The number of esters is 1. The monoisotopic (exact) mass is 353 g/mol. The van der Waals surface area contributed by atoms with Crippen LogP contribution in [0.5, 0.6) is 0 Å². The number of hydrogen-bond acceptors (Lipinski definition) is 3. The maximum absolute atomic E-state index is 12.9. The number of benzene rings is 1. The van der Waals surface area contributed by atoms with Crippen molar-refractivity contribution in [3.8, 4) is 0 Å². The summed E-state index contributed by atoms with van der Waals surface area (Å²) in [6, 6.07) is 10.7. The Morgan fingerprint density at radius 3 is 2.46 bits per heavy atom. The van der Waals surface area contributed by atoms with Gasteiger partial charge in [0.1, 0.15) is 5.76 Å². The molecule has 3 rings (SSSR count). The third-order valence-electron chi connectivity index (χ3n) is 5.24. The number of carbonyl (C=O) groups excluding carboxylic acids is 2. The molecule has 0 unspecified atom stereocenters. The standard InChI is InChI=1S/C22H27NO3/c1-16(26-17(2)24)10-9-15-20-21(18-11-5-3-6-12-18)23(22(20)25)19-13-7-4-8-14-19/h3,5-6,9-12,15,19-21H,4,7-8,13-14H2,1-2H3/b15-9-,16-10+/t20-,21-/m1/s1. The maximum atomic E-state index is 12.9. The van der Waals surface area contributed by atoms with Crippen LogP contribution in [0.1, 0.15) is 57.6 Å². The van der Waals surface area contributed by atoms with Crippen LogP contribution in [0.15, 0.2) is 54.3 Å². The first kappa shape index (κ1) is 18.4. The highest BCUT2D eigenvalue weighted by molar-refractivity contribution is 5.88. The third kappa shape index (κ3) is 4.06. The molecule has 2 atom stereocenters. The predicted octanol–water partition coefficient (Wildman–Crippen LogP) is 4.54. The highest BCUT2D eigenvalue weighted by atomic mass is 16.5. The first-order valence-corrected chi connectivity index (χ1v) is 9.48. The lowest BCUT2D eigenvalue weighted by Crippen LogP contribution is -2.58. The van der Waals surface area contributed by atoms with Crippen LogP contribution in [-0.2, 0) is 14.3 Å². The smallest absolute Gasteiger partial charge is 0.307 e. The fourth-order valence-electron chi connectivity index (χ4n) is 4.08. The van der Waals surface area contributed by atoms with Gasteiger partial charge < -0.3 is 9.64 Å². The molecule has 1 aliphatic heterocycles. The van der Waals surface area contributed by atoms with E-state index < -0.39 is 0 Å². The third-order valence-corrected chi connectivity index (χ3v) is 5.24. The molecule has 4 heteroatoms. The van der Waals surface area contributed by atoms with Crippen LogP contribution in [0.3, 0.4) is 0 Å². The zero-order chi connectivity index (χ0) is 18.5. The van der Waals surface area contributed by atoms with E-state index >= 15 is 0 Å². The van der Waals surface area contributed by atoms with Crippen molar-refractivity contribution in [2.24, 2.45) is 5.92 Å². The minimum absolute atomic E-state index is 0.102. The molecular formula is C22H27NO3. The summed E-state index contributed by atoms with van der Waals surface area (Å²) in [5.41, 5.74) is 1.19. The average molecular weight is 353 g/mol. The molecule has 1 saturated heterocycles. The SMILES string of the molecule is CC(=O)O/C(C)=C/C=C\[C@H]1C(=O)N(C2CCCCC2)[C@@H]1c1ccccc1. The van der Waals surface area contributed by atoms with Gasteiger partial charge in [-0.25, -0.2) is 0 Å². The Bertz CT molecular complexity index is 701. The summed E-state index contributed by atoms with van der Waals surface area (Å²) >= 11 is 0. The van der Waals surface area contributed by atoms with Crippen LogP contribution in [0.2, 0.25) is 0 Å². The summed E-state index contributed by atoms with van der Waals surface area (Å²) in [5, 5.41) is 0. The minimum atomic E-state index is -0.336. The number of likely N-dealkylation sites (tertiary alicyclic amines) is 1. The van der Waals surface area contributed by atoms with Crippen molar-refractivity contribution >= 4 is 11.9 Å². The fraction of sp³-hybridized carbons (Fsp3) is 0.455. The van der Waals surface area contributed by atoms with Gasteiger partial charge in [-0.15, -0.1) is 0 Å². The second-order valence-electron chi connectivity index (χ2n) is 7.17. The average Bonchev–Trinajstić information content (AvgIpc) is 2.63. The Labute approximate surface area is 155 Å². The van der Waals surface area contributed by atoms with Gasteiger partial charge in [0, 0.05) is 13.0 Å². The molecule has 2 fully saturated rings. The largest absolute Gasteiger partial charge is 0.432 e. The normalized spacial score (nSPS) is 24.6. The molecule has 0 spiro atoms. The van der Waals surface area contributed by atoms with E-state index in [1.165, 1.54) is 31.7 Å². The van der Waals surface area contributed by atoms with Gasteiger partial charge in [-0.2, -0.15) is 0 Å². The van der Waals surface area contributed by atoms with Crippen LogP contribution in [0.25, 0.3) is 0 Å². The van der Waals surface area contributed by atoms with Crippen molar-refractivity contribution in [1.29, 1.82) is 0 Å². The molecule has 1 aromatic rings. The van der Waals surface area contributed by atoms with Gasteiger partial charge in [-0.05, 0) is 31.4 Å². The Kier molecular flexibility index (Phi) is 5.92. The molecule has 1 amide bonds. The Morgan fingerprint density at radius 2 is 1.81 bits per heavy atom. The van der Waals surface area contributed by atoms with Crippen LogP contribution < -0.4 is 0 Å². The maximum Gasteiger partial charge on any atom is 0.307 e. The highest BCUT2D eigenvalue weighted by Crippen LogP contribution is 2.45. The van der Waals surface area contributed by atoms with Crippen molar-refractivity contribution in [3.05, 3.63) is 59.9 Å². The first-order valence-electron chi connectivity index (χ1n) is 9.48. The minimum Gasteiger partial charge on any atom is -0.432 e. The Morgan fingerprint density at radius 1 is 1.12 bits per heavy atom. The van der Waals surface area contributed by atoms with Crippen molar-refractivity contribution in [2.45, 2.75) is 58.0 Å². The van der Waals surface area contributed by atoms with Crippen molar-refractivity contribution < 1.29 is 14.3 Å². The van der Waals surface area contributed by atoms with E-state index in [4.69, 9.17) is 4.74 Å². The number of carbonyl (C=O) groups is 2. The summed E-state index contributed by atoms with van der Waals surface area (Å²) in [6.07, 6.45) is 11.4. The van der Waals surface area contributed by atoms with Crippen LogP contribution in [0.4, 0.5) is 0 Å². The molecule has 138 valence electrons. The van der Waals surface area contributed by atoms with Gasteiger partial charge in [-0.3, -0.25) is 9.59 Å². The van der Waals surface area contributed by atoms with Crippen molar-refractivity contribution in [1.82, 2.24) is 4.90 Å². The number of ether oxygens (including phenoxy) is 1. The van der Waals surface area contributed by atoms with Gasteiger partial charge in [0.25, 0.3) is 0 Å². The molecule has 0 N–H and O–H groups in total. The molecule has 26 heavy (non-hydrogen) atoms. The van der Waals surface area contributed by atoms with Crippen LogP contribution >= 0.6 is 0 Å². The topological polar surface area (TPSA) is 46.6 Å². The molecule has 2 aliphatic rings. The second-order valence-corrected chi connectivity index (χ2v) is 7.17. The molecule has 0 radical (unpaired) electrons. The van der Waals surface area contributed by atoms with Gasteiger partial charge in [0.15, 0.2) is 0 Å². The number of amides is 1. The molecule has 1 heterocycles. The summed E-state index contributed by atoms with van der Waals surface area (Å²) in [5.74, 6) is 0.250. The lowest BCUT2D eigenvalue weighted by molar-refractivity contribution is -0.159. The number of rotatable bonds is 5. The first-order chi connectivity index (χ1) is 12.6. The molecule has 1 aliphatic carbocycles. The Hall–Kier alpha value is -2.36. The number of hydrogen-bond donors (Lipinski definition) is 0. The quantitative estimate of drug-likeness (QED) is 0.338. The van der Waals surface area contributed by atoms with E-state index in [0.717, 1.165) is 12.8 Å². The van der Waals surface area contributed by atoms with Gasteiger partial charge >= 0.3 is 5.97 Å². The van der Waals surface area contributed by atoms with Gasteiger partial charge in [0.05, 0.1) is 12.0 Å². The molecule has 4 nitrogen and oxygen atoms in total. The number of nitrogens with zero attached hydrogens (tertiary/aromatic N) is 1. The zero-order valence-corrected chi connectivity index (χ0v) is 15.6. The molecular weight excluding hydrogens is 326 g/mol. The van der Waals surface area contributed by atoms with E-state index in [2.05, 4.69) is 17.0 Å². The highest BCUT2D eigenvalue weighted by Gasteiger charge is 2.49. The Balaban J connectivity index is 1.78. The van der Waals surface area contributed by atoms with E-state index in [9.17, 15) is 9.59 Å². The number of β-lactam (4-membered cyclic amide) rings is 1. The van der Waals surface area contributed by atoms with E-state index in [-0.39, 0.29) is 23.8 Å². The van der Waals surface area contributed by atoms with Crippen molar-refractivity contribution in [3.63, 3.8) is 0 Å². The lowest BCUT2D eigenvalue weighted by atomic mass is 9.78. The second kappa shape index (κ2) is 8.35. The van der Waals surface area contributed by atoms with Gasteiger partial charge in [0.2, 0.25) is 5.91 Å². The molecule has 0 bridgehead atoms. The van der Waals surface area contributed by atoms with Crippen molar-refractivity contribution in [2.75, 3.05) is 0 Å². The fourth-order valence-corrected chi connectivity index (χ4v) is 4.08. The van der Waals surface area contributed by atoms with Crippen LogP contribution in [0, 0.1) is 5.92 Å². The predicted molar refractivity (Wildman–Crippen MR) is 101 cm³/mol. The van der Waals surface area contributed by atoms with E-state index in [1.54, 1.807) is 13.0 Å². The summed E-state index contributed by atoms with van der Waals surface area (Å²) in [6.45, 7) is 3.11. The van der Waals surface area contributed by atoms with E-state index in [0.29, 0.717) is 11.8 Å². The zero-order valence-electron chi connectivity index (χ0n) is 15.6. The van der Waals surface area contributed by atoms with Crippen LogP contribution in [-0.4, -0.2) is 22.8 Å². The summed E-state index contributed by atoms with van der Waals surface area (Å²) < 4.78 is 5.01. The van der Waals surface area contributed by atoms with E-state index in [1.807, 2.05) is 30.4 Å². The van der Waals surface area contributed by atoms with Gasteiger partial charge in [-0.1, -0.05) is 61.7 Å². The molecule has 1 saturated carbocycles. The molecule has 0 aromatic heterocycles. The lowest BCUT2D eigenvalue weighted by Gasteiger charge is -2.51. The molecule has 1 aromatic carbocycles. The summed E-state index contributed by atoms with van der Waals surface area (Å²) in [4.78, 5) is 25.9.